The van der Waals surface area contributed by atoms with Crippen molar-refractivity contribution in [2.45, 2.75) is 19.1 Å². The third-order valence-corrected chi connectivity index (χ3v) is 3.38. The Kier molecular flexibility index (Phi) is 5.68. The summed E-state index contributed by atoms with van der Waals surface area (Å²) in [6.07, 6.45) is 0.461. The van der Waals surface area contributed by atoms with Gasteiger partial charge < -0.3 is 25.3 Å². The Labute approximate surface area is 123 Å². The lowest BCUT2D eigenvalue weighted by atomic mass is 10.2. The highest BCUT2D eigenvalue weighted by atomic mass is 16.5. The highest BCUT2D eigenvalue weighted by molar-refractivity contribution is 5.91. The summed E-state index contributed by atoms with van der Waals surface area (Å²) in [5.74, 6) is -0.153. The number of carbonyl (C=O) groups is 1. The van der Waals surface area contributed by atoms with Gasteiger partial charge in [-0.3, -0.25) is 9.69 Å². The number of rotatable bonds is 6. The fourth-order valence-electron chi connectivity index (χ4n) is 1.99. The lowest BCUT2D eigenvalue weighted by molar-refractivity contribution is 0.0383. The van der Waals surface area contributed by atoms with Crippen molar-refractivity contribution in [1.29, 1.82) is 0 Å². The standard InChI is InChI=1S/C13H22N4O4/c1-9(18)11(14)13-16-10(8-21-13)12(19)15-2-3-17-4-6-20-7-5-17/h8-9,11,18H,2-7,14H2,1H3,(H,15,19). The average Bonchev–Trinajstić information content (AvgIpc) is 2.97. The third kappa shape index (κ3) is 4.50. The molecule has 0 aromatic carbocycles. The quantitative estimate of drug-likeness (QED) is 0.624. The molecule has 8 nitrogen and oxygen atoms in total. The van der Waals surface area contributed by atoms with Crippen molar-refractivity contribution in [3.05, 3.63) is 17.8 Å². The first-order valence-corrected chi connectivity index (χ1v) is 7.05. The molecule has 118 valence electrons. The minimum Gasteiger partial charge on any atom is -0.446 e. The molecule has 8 heteroatoms. The highest BCUT2D eigenvalue weighted by Crippen LogP contribution is 2.13. The monoisotopic (exact) mass is 298 g/mol. The van der Waals surface area contributed by atoms with Crippen LogP contribution < -0.4 is 11.1 Å². The number of nitrogens with zero attached hydrogens (tertiary/aromatic N) is 2. The van der Waals surface area contributed by atoms with Crippen LogP contribution in [0, 0.1) is 0 Å². The van der Waals surface area contributed by atoms with E-state index in [-0.39, 0.29) is 17.5 Å². The van der Waals surface area contributed by atoms with Crippen LogP contribution in [0.5, 0.6) is 0 Å². The van der Waals surface area contributed by atoms with E-state index in [0.717, 1.165) is 32.8 Å². The van der Waals surface area contributed by atoms with Gasteiger partial charge in [0.2, 0.25) is 5.89 Å². The van der Waals surface area contributed by atoms with Crippen LogP contribution in [0.1, 0.15) is 29.3 Å². The van der Waals surface area contributed by atoms with Gasteiger partial charge in [-0.05, 0) is 6.92 Å². The van der Waals surface area contributed by atoms with Gasteiger partial charge in [0.1, 0.15) is 12.3 Å². The molecule has 1 amide bonds. The minimum absolute atomic E-state index is 0.156. The number of hydrogen-bond donors (Lipinski definition) is 3. The lowest BCUT2D eigenvalue weighted by Crippen LogP contribution is -2.41. The predicted molar refractivity (Wildman–Crippen MR) is 74.7 cm³/mol. The number of nitrogens with two attached hydrogens (primary N) is 1. The lowest BCUT2D eigenvalue weighted by Gasteiger charge is -2.26. The normalized spacial score (nSPS) is 19.2. The molecule has 1 aromatic heterocycles. The summed E-state index contributed by atoms with van der Waals surface area (Å²) in [7, 11) is 0. The largest absolute Gasteiger partial charge is 0.446 e. The number of morpholine rings is 1. The van der Waals surface area contributed by atoms with Crippen LogP contribution in [0.15, 0.2) is 10.7 Å². The topological polar surface area (TPSA) is 114 Å². The van der Waals surface area contributed by atoms with Gasteiger partial charge in [-0.15, -0.1) is 0 Å². The van der Waals surface area contributed by atoms with E-state index in [9.17, 15) is 9.90 Å². The average molecular weight is 298 g/mol. The van der Waals surface area contributed by atoms with E-state index in [1.54, 1.807) is 0 Å². The Hall–Kier alpha value is -1.48. The molecule has 0 radical (unpaired) electrons. The molecule has 0 aliphatic carbocycles. The summed E-state index contributed by atoms with van der Waals surface area (Å²) in [4.78, 5) is 18.1. The zero-order valence-electron chi connectivity index (χ0n) is 12.1. The second-order valence-electron chi connectivity index (χ2n) is 5.05. The number of nitrogens with one attached hydrogen (secondary N) is 1. The van der Waals surface area contributed by atoms with E-state index < -0.39 is 12.1 Å². The summed E-state index contributed by atoms with van der Waals surface area (Å²) in [5, 5.41) is 12.1. The number of hydrogen-bond acceptors (Lipinski definition) is 7. The Bertz CT molecular complexity index is 457. The van der Waals surface area contributed by atoms with Crippen molar-refractivity contribution in [2.24, 2.45) is 5.73 Å². The summed E-state index contributed by atoms with van der Waals surface area (Å²) in [6.45, 7) is 6.07. The molecule has 1 fully saturated rings. The first kappa shape index (κ1) is 15.9. The van der Waals surface area contributed by atoms with Gasteiger partial charge in [0, 0.05) is 26.2 Å². The van der Waals surface area contributed by atoms with Crippen LogP contribution in [0.3, 0.4) is 0 Å². The van der Waals surface area contributed by atoms with E-state index in [0.29, 0.717) is 6.54 Å². The summed E-state index contributed by atoms with van der Waals surface area (Å²) in [6, 6.07) is -0.736. The van der Waals surface area contributed by atoms with E-state index in [1.165, 1.54) is 13.2 Å². The molecular weight excluding hydrogens is 276 g/mol. The molecule has 0 saturated carbocycles. The molecule has 21 heavy (non-hydrogen) atoms. The SMILES string of the molecule is CC(O)C(N)c1nc(C(=O)NCCN2CCOCC2)co1. The first-order chi connectivity index (χ1) is 10.1. The molecule has 1 aliphatic heterocycles. The van der Waals surface area contributed by atoms with Gasteiger partial charge in [-0.25, -0.2) is 4.98 Å². The zero-order chi connectivity index (χ0) is 15.2. The fourth-order valence-corrected chi connectivity index (χ4v) is 1.99. The maximum absolute atomic E-state index is 11.9. The molecule has 0 spiro atoms. The molecule has 0 bridgehead atoms. The molecule has 2 heterocycles. The van der Waals surface area contributed by atoms with Crippen molar-refractivity contribution in [2.75, 3.05) is 39.4 Å². The van der Waals surface area contributed by atoms with E-state index in [4.69, 9.17) is 14.9 Å². The number of aliphatic hydroxyl groups is 1. The van der Waals surface area contributed by atoms with Crippen molar-refractivity contribution in [3.63, 3.8) is 0 Å². The van der Waals surface area contributed by atoms with Gasteiger partial charge in [0.25, 0.3) is 5.91 Å². The molecule has 1 aromatic rings. The Balaban J connectivity index is 1.77. The van der Waals surface area contributed by atoms with Crippen LogP contribution >= 0.6 is 0 Å². The van der Waals surface area contributed by atoms with E-state index >= 15 is 0 Å². The van der Waals surface area contributed by atoms with Crippen molar-refractivity contribution < 1.29 is 19.1 Å². The molecule has 2 rings (SSSR count). The smallest absolute Gasteiger partial charge is 0.273 e. The number of aliphatic hydroxyl groups excluding tert-OH is 1. The minimum atomic E-state index is -0.791. The van der Waals surface area contributed by atoms with Gasteiger partial charge in [-0.2, -0.15) is 0 Å². The number of oxazole rings is 1. The molecule has 2 unspecified atom stereocenters. The highest BCUT2D eigenvalue weighted by Gasteiger charge is 2.20. The van der Waals surface area contributed by atoms with Crippen LogP contribution in [-0.4, -0.2) is 66.4 Å². The van der Waals surface area contributed by atoms with E-state index in [1.807, 2.05) is 0 Å². The zero-order valence-corrected chi connectivity index (χ0v) is 12.1. The van der Waals surface area contributed by atoms with Crippen LogP contribution in [0.2, 0.25) is 0 Å². The Morgan fingerprint density at radius 3 is 2.95 bits per heavy atom. The van der Waals surface area contributed by atoms with Gasteiger partial charge >= 0.3 is 0 Å². The van der Waals surface area contributed by atoms with Crippen LogP contribution in [0.25, 0.3) is 0 Å². The van der Waals surface area contributed by atoms with Crippen LogP contribution in [0.4, 0.5) is 0 Å². The second kappa shape index (κ2) is 7.51. The number of carbonyl (C=O) groups excluding carboxylic acids is 1. The van der Waals surface area contributed by atoms with Crippen molar-refractivity contribution in [1.82, 2.24) is 15.2 Å². The fraction of sp³-hybridized carbons (Fsp3) is 0.692. The molecule has 1 saturated heterocycles. The Morgan fingerprint density at radius 2 is 2.29 bits per heavy atom. The predicted octanol–water partition coefficient (Wildman–Crippen LogP) is -0.883. The molecule has 4 N–H and O–H groups in total. The Morgan fingerprint density at radius 1 is 1.57 bits per heavy atom. The summed E-state index contributed by atoms with van der Waals surface area (Å²) >= 11 is 0. The van der Waals surface area contributed by atoms with Crippen molar-refractivity contribution in [3.8, 4) is 0 Å². The summed E-state index contributed by atoms with van der Waals surface area (Å²) in [5.41, 5.74) is 5.86. The van der Waals surface area contributed by atoms with E-state index in [2.05, 4.69) is 15.2 Å². The van der Waals surface area contributed by atoms with Gasteiger partial charge in [-0.1, -0.05) is 0 Å². The number of aromatic nitrogens is 1. The maximum atomic E-state index is 11.9. The first-order valence-electron chi connectivity index (χ1n) is 7.05. The third-order valence-electron chi connectivity index (χ3n) is 3.38. The van der Waals surface area contributed by atoms with Crippen LogP contribution in [-0.2, 0) is 4.74 Å². The van der Waals surface area contributed by atoms with Gasteiger partial charge in [0.05, 0.1) is 19.3 Å². The van der Waals surface area contributed by atoms with Crippen molar-refractivity contribution >= 4 is 5.91 Å². The molecule has 2 atom stereocenters. The second-order valence-corrected chi connectivity index (χ2v) is 5.05. The molecule has 1 aliphatic rings. The maximum Gasteiger partial charge on any atom is 0.273 e. The number of ether oxygens (including phenoxy) is 1. The summed E-state index contributed by atoms with van der Waals surface area (Å²) < 4.78 is 10.4. The number of amides is 1. The van der Waals surface area contributed by atoms with Gasteiger partial charge in [0.15, 0.2) is 5.69 Å². The molecular formula is C13H22N4O4.